The molecule has 1 amide bonds. The van der Waals surface area contributed by atoms with Crippen molar-refractivity contribution in [2.24, 2.45) is 0 Å². The predicted molar refractivity (Wildman–Crippen MR) is 94.0 cm³/mol. The molecule has 5 nitrogen and oxygen atoms in total. The average molecular weight is 378 g/mol. The van der Waals surface area contributed by atoms with E-state index in [1.165, 1.54) is 5.56 Å². The fourth-order valence-corrected chi connectivity index (χ4v) is 3.25. The summed E-state index contributed by atoms with van der Waals surface area (Å²) in [6.45, 7) is 3.81. The number of carbonyl (C=O) groups is 1. The summed E-state index contributed by atoms with van der Waals surface area (Å²) >= 11 is 0. The first-order chi connectivity index (χ1) is 12.8. The van der Waals surface area contributed by atoms with Crippen LogP contribution in [-0.4, -0.2) is 39.9 Å². The maximum absolute atomic E-state index is 12.5. The van der Waals surface area contributed by atoms with Crippen molar-refractivity contribution in [1.82, 2.24) is 20.2 Å². The summed E-state index contributed by atoms with van der Waals surface area (Å²) in [4.78, 5) is 22.0. The number of alkyl halides is 3. The first-order valence-corrected chi connectivity index (χ1v) is 8.82. The van der Waals surface area contributed by atoms with E-state index in [9.17, 15) is 18.0 Å². The Balaban J connectivity index is 1.52. The number of aromatic nitrogens is 2. The van der Waals surface area contributed by atoms with E-state index in [4.69, 9.17) is 0 Å². The van der Waals surface area contributed by atoms with Crippen molar-refractivity contribution < 1.29 is 18.0 Å². The molecule has 0 bridgehead atoms. The van der Waals surface area contributed by atoms with Gasteiger partial charge in [0.2, 0.25) is 0 Å². The molecule has 1 fully saturated rings. The van der Waals surface area contributed by atoms with Crippen LogP contribution in [0.4, 0.5) is 13.2 Å². The van der Waals surface area contributed by atoms with Gasteiger partial charge in [0.25, 0.3) is 5.91 Å². The Hall–Kier alpha value is -2.48. The largest absolute Gasteiger partial charge is 0.433 e. The molecule has 0 aliphatic carbocycles. The van der Waals surface area contributed by atoms with Crippen molar-refractivity contribution in [3.63, 3.8) is 0 Å². The lowest BCUT2D eigenvalue weighted by molar-refractivity contribution is -0.141. The molecule has 0 saturated carbocycles. The molecule has 0 radical (unpaired) electrons. The highest BCUT2D eigenvalue weighted by atomic mass is 19.4. The number of pyridine rings is 2. The highest BCUT2D eigenvalue weighted by molar-refractivity contribution is 5.94. The third-order valence-electron chi connectivity index (χ3n) is 4.92. The molecule has 0 spiro atoms. The molecule has 2 aromatic heterocycles. The molecular weight excluding hydrogens is 357 g/mol. The third kappa shape index (κ3) is 4.82. The quantitative estimate of drug-likeness (QED) is 0.885. The van der Waals surface area contributed by atoms with Gasteiger partial charge in [-0.15, -0.1) is 0 Å². The van der Waals surface area contributed by atoms with E-state index >= 15 is 0 Å². The normalized spacial score (nSPS) is 17.5. The number of piperidine rings is 1. The van der Waals surface area contributed by atoms with Crippen molar-refractivity contribution in [3.05, 3.63) is 59.7 Å². The fraction of sp³-hybridized carbons (Fsp3) is 0.421. The third-order valence-corrected chi connectivity index (χ3v) is 4.92. The molecule has 1 saturated heterocycles. The summed E-state index contributed by atoms with van der Waals surface area (Å²) in [5.74, 6) is -0.392. The SMILES string of the molecule is C[C@@H](c1ccncc1)N1CCC(NC(=O)c2ccc(C(F)(F)F)nc2)CC1. The summed E-state index contributed by atoms with van der Waals surface area (Å²) in [5, 5.41) is 2.90. The number of halogens is 3. The molecule has 1 aliphatic heterocycles. The minimum atomic E-state index is -4.51. The van der Waals surface area contributed by atoms with Gasteiger partial charge in [-0.3, -0.25) is 19.7 Å². The lowest BCUT2D eigenvalue weighted by atomic mass is 10.0. The Kier molecular flexibility index (Phi) is 5.74. The van der Waals surface area contributed by atoms with E-state index in [-0.39, 0.29) is 17.6 Å². The van der Waals surface area contributed by atoms with E-state index in [1.54, 1.807) is 12.4 Å². The van der Waals surface area contributed by atoms with Gasteiger partial charge in [-0.05, 0) is 49.6 Å². The van der Waals surface area contributed by atoms with Crippen LogP contribution in [0.3, 0.4) is 0 Å². The minimum absolute atomic E-state index is 0.000632. The number of rotatable bonds is 4. The highest BCUT2D eigenvalue weighted by Gasteiger charge is 2.32. The molecular formula is C19H21F3N4O. The topological polar surface area (TPSA) is 58.1 Å². The Morgan fingerprint density at radius 3 is 2.41 bits per heavy atom. The number of carbonyl (C=O) groups excluding carboxylic acids is 1. The molecule has 3 heterocycles. The number of nitrogens with zero attached hydrogens (tertiary/aromatic N) is 3. The minimum Gasteiger partial charge on any atom is -0.349 e. The van der Waals surface area contributed by atoms with Gasteiger partial charge in [-0.2, -0.15) is 13.2 Å². The van der Waals surface area contributed by atoms with Crippen LogP contribution >= 0.6 is 0 Å². The maximum Gasteiger partial charge on any atom is 0.433 e. The van der Waals surface area contributed by atoms with Crippen LogP contribution in [0.1, 0.15) is 47.4 Å². The Morgan fingerprint density at radius 1 is 1.19 bits per heavy atom. The summed E-state index contributed by atoms with van der Waals surface area (Å²) in [5.41, 5.74) is 0.330. The van der Waals surface area contributed by atoms with Crippen molar-refractivity contribution in [2.75, 3.05) is 13.1 Å². The van der Waals surface area contributed by atoms with Crippen molar-refractivity contribution in [2.45, 2.75) is 38.0 Å². The molecule has 1 aliphatic rings. The smallest absolute Gasteiger partial charge is 0.349 e. The Labute approximate surface area is 155 Å². The first kappa shape index (κ1) is 19.3. The fourth-order valence-electron chi connectivity index (χ4n) is 3.25. The van der Waals surface area contributed by atoms with Crippen LogP contribution in [0.25, 0.3) is 0 Å². The van der Waals surface area contributed by atoms with Gasteiger partial charge in [0.05, 0.1) is 5.56 Å². The Bertz CT molecular complexity index is 757. The predicted octanol–water partition coefficient (Wildman–Crippen LogP) is 3.45. The molecule has 144 valence electrons. The molecule has 1 atom stereocenters. The zero-order valence-corrected chi connectivity index (χ0v) is 14.9. The second-order valence-corrected chi connectivity index (χ2v) is 6.67. The van der Waals surface area contributed by atoms with Gasteiger partial charge < -0.3 is 5.32 Å². The lowest BCUT2D eigenvalue weighted by Gasteiger charge is -2.36. The van der Waals surface area contributed by atoms with Crippen LogP contribution in [-0.2, 0) is 6.18 Å². The molecule has 3 rings (SSSR count). The summed E-state index contributed by atoms with van der Waals surface area (Å²) in [7, 11) is 0. The average Bonchev–Trinajstić information content (AvgIpc) is 2.68. The Morgan fingerprint density at radius 2 is 1.85 bits per heavy atom. The zero-order valence-electron chi connectivity index (χ0n) is 14.9. The van der Waals surface area contributed by atoms with Gasteiger partial charge in [0.1, 0.15) is 5.69 Å². The van der Waals surface area contributed by atoms with E-state index in [2.05, 4.69) is 27.1 Å². The highest BCUT2D eigenvalue weighted by Crippen LogP contribution is 2.27. The number of likely N-dealkylation sites (tertiary alicyclic amines) is 1. The number of nitrogens with one attached hydrogen (secondary N) is 1. The number of amides is 1. The zero-order chi connectivity index (χ0) is 19.4. The van der Waals surface area contributed by atoms with Crippen molar-refractivity contribution in [3.8, 4) is 0 Å². The van der Waals surface area contributed by atoms with Crippen LogP contribution < -0.4 is 5.32 Å². The van der Waals surface area contributed by atoms with Gasteiger partial charge in [0, 0.05) is 43.8 Å². The van der Waals surface area contributed by atoms with E-state index in [0.29, 0.717) is 0 Å². The number of hydrogen-bond acceptors (Lipinski definition) is 4. The number of hydrogen-bond donors (Lipinski definition) is 1. The maximum atomic E-state index is 12.5. The molecule has 0 unspecified atom stereocenters. The second kappa shape index (κ2) is 8.04. The van der Waals surface area contributed by atoms with Crippen LogP contribution in [0, 0.1) is 0 Å². The summed E-state index contributed by atoms with van der Waals surface area (Å²) in [6, 6.07) is 6.25. The van der Waals surface area contributed by atoms with Crippen LogP contribution in [0.5, 0.6) is 0 Å². The molecule has 8 heteroatoms. The first-order valence-electron chi connectivity index (χ1n) is 8.82. The van der Waals surface area contributed by atoms with Gasteiger partial charge >= 0.3 is 6.18 Å². The summed E-state index contributed by atoms with van der Waals surface area (Å²) in [6.07, 6.45) is 1.59. The monoisotopic (exact) mass is 378 g/mol. The lowest BCUT2D eigenvalue weighted by Crippen LogP contribution is -2.45. The standard InChI is InChI=1S/C19H21F3N4O/c1-13(14-4-8-23-9-5-14)26-10-6-16(7-11-26)25-18(27)15-2-3-17(24-12-15)19(20,21)22/h2-5,8-9,12-13,16H,6-7,10-11H2,1H3,(H,25,27)/t13-/m0/s1. The van der Waals surface area contributed by atoms with Crippen LogP contribution in [0.2, 0.25) is 0 Å². The molecule has 2 aromatic rings. The van der Waals surface area contributed by atoms with Gasteiger partial charge in [-0.25, -0.2) is 0 Å². The van der Waals surface area contributed by atoms with Crippen molar-refractivity contribution >= 4 is 5.91 Å². The van der Waals surface area contributed by atoms with Crippen LogP contribution in [0.15, 0.2) is 42.9 Å². The molecule has 0 aromatic carbocycles. The van der Waals surface area contributed by atoms with E-state index in [1.807, 2.05) is 12.1 Å². The molecule has 27 heavy (non-hydrogen) atoms. The van der Waals surface area contributed by atoms with E-state index < -0.39 is 17.8 Å². The summed E-state index contributed by atoms with van der Waals surface area (Å²) < 4.78 is 37.6. The van der Waals surface area contributed by atoms with E-state index in [0.717, 1.165) is 44.3 Å². The van der Waals surface area contributed by atoms with Gasteiger partial charge in [0.15, 0.2) is 0 Å². The second-order valence-electron chi connectivity index (χ2n) is 6.67. The van der Waals surface area contributed by atoms with Crippen molar-refractivity contribution in [1.29, 1.82) is 0 Å². The van der Waals surface area contributed by atoms with Gasteiger partial charge in [-0.1, -0.05) is 0 Å². The molecule has 1 N–H and O–H groups in total.